The molecule has 5 rings (SSSR count). The molecule has 0 aromatic heterocycles. The number of carboxylic acids is 1. The van der Waals surface area contributed by atoms with Crippen molar-refractivity contribution in [3.05, 3.63) is 24.3 Å². The number of hydrogen-bond acceptors (Lipinski definition) is 2. The molecule has 0 saturated heterocycles. The van der Waals surface area contributed by atoms with Crippen molar-refractivity contribution in [1.29, 1.82) is 0 Å². The minimum absolute atomic E-state index is 0.0836. The fourth-order valence-electron chi connectivity index (χ4n) is 11.5. The van der Waals surface area contributed by atoms with Gasteiger partial charge in [0, 0.05) is 5.41 Å². The fraction of sp³-hybridized carbons (Fsp3) is 0.806. The highest BCUT2D eigenvalue weighted by Gasteiger charge is 2.72. The molecule has 0 radical (unpaired) electrons. The van der Waals surface area contributed by atoms with Crippen LogP contribution in [0.1, 0.15) is 99.3 Å². The number of carbonyl (C=O) groups excluding carboxylic acids is 1. The second kappa shape index (κ2) is 7.10. The van der Waals surface area contributed by atoms with Gasteiger partial charge in [-0.05, 0) is 116 Å². The summed E-state index contributed by atoms with van der Waals surface area (Å²) >= 11 is 0. The molecule has 0 bridgehead atoms. The molecule has 5 fully saturated rings. The Morgan fingerprint density at radius 2 is 1.59 bits per heavy atom. The van der Waals surface area contributed by atoms with Crippen LogP contribution in [-0.4, -0.2) is 16.9 Å². The number of allylic oxidation sites excluding steroid dienone is 2. The highest BCUT2D eigenvalue weighted by atomic mass is 16.4. The van der Waals surface area contributed by atoms with Crippen molar-refractivity contribution < 1.29 is 14.7 Å². The highest BCUT2D eigenvalue weighted by Crippen LogP contribution is 2.77. The molecule has 5 aliphatic carbocycles. The van der Waals surface area contributed by atoms with E-state index in [0.29, 0.717) is 23.7 Å². The molecule has 0 aromatic rings. The van der Waals surface area contributed by atoms with E-state index in [9.17, 15) is 14.7 Å². The zero-order valence-electron chi connectivity index (χ0n) is 22.4. The van der Waals surface area contributed by atoms with Crippen LogP contribution in [0.25, 0.3) is 0 Å². The molecule has 0 aliphatic heterocycles. The summed E-state index contributed by atoms with van der Waals surface area (Å²) in [5, 5.41) is 10.5. The summed E-state index contributed by atoms with van der Waals surface area (Å²) in [4.78, 5) is 25.9. The average molecular weight is 467 g/mol. The Bertz CT molecular complexity index is 975. The van der Waals surface area contributed by atoms with Crippen molar-refractivity contribution in [2.45, 2.75) is 99.3 Å². The lowest BCUT2D eigenvalue weighted by atomic mass is 9.32. The molecule has 5 aliphatic rings. The van der Waals surface area contributed by atoms with Crippen molar-refractivity contribution in [2.75, 3.05) is 0 Å². The van der Waals surface area contributed by atoms with Crippen molar-refractivity contribution >= 4 is 11.8 Å². The first-order valence-corrected chi connectivity index (χ1v) is 13.8. The number of aliphatic carboxylic acids is 1. The third kappa shape index (κ3) is 2.65. The predicted molar refractivity (Wildman–Crippen MR) is 136 cm³/mol. The number of fused-ring (bicyclic) bond motifs is 7. The zero-order chi connectivity index (χ0) is 25.1. The Balaban J connectivity index is 1.59. The van der Waals surface area contributed by atoms with Crippen molar-refractivity contribution in [1.82, 2.24) is 0 Å². The number of ketones is 1. The molecule has 188 valence electrons. The lowest BCUT2D eigenvalue weighted by Crippen LogP contribution is -2.66. The molecule has 0 aromatic carbocycles. The van der Waals surface area contributed by atoms with Crippen LogP contribution in [0.5, 0.6) is 0 Å². The van der Waals surface area contributed by atoms with Crippen molar-refractivity contribution in [2.24, 2.45) is 56.7 Å². The number of Topliss-reactive ketones (excluding diaryl/α,β-unsaturated/α-hetero) is 1. The lowest BCUT2D eigenvalue weighted by molar-refractivity contribution is -0.231. The van der Waals surface area contributed by atoms with Gasteiger partial charge in [-0.15, -0.1) is 0 Å². The van der Waals surface area contributed by atoms with E-state index in [2.05, 4.69) is 54.7 Å². The van der Waals surface area contributed by atoms with Gasteiger partial charge in [0.2, 0.25) is 0 Å². The van der Waals surface area contributed by atoms with Crippen LogP contribution >= 0.6 is 0 Å². The van der Waals surface area contributed by atoms with Crippen molar-refractivity contribution in [3.63, 3.8) is 0 Å². The zero-order valence-corrected chi connectivity index (χ0v) is 22.4. The molecule has 3 heteroatoms. The van der Waals surface area contributed by atoms with Crippen LogP contribution in [0, 0.1) is 56.7 Å². The van der Waals surface area contributed by atoms with Gasteiger partial charge in [-0.3, -0.25) is 9.59 Å². The van der Waals surface area contributed by atoms with E-state index in [4.69, 9.17) is 0 Å². The second-order valence-corrected chi connectivity index (χ2v) is 14.5. The van der Waals surface area contributed by atoms with Gasteiger partial charge in [0.1, 0.15) is 0 Å². The van der Waals surface area contributed by atoms with Gasteiger partial charge < -0.3 is 5.11 Å². The van der Waals surface area contributed by atoms with E-state index in [1.807, 2.05) is 0 Å². The van der Waals surface area contributed by atoms with Crippen LogP contribution in [0.4, 0.5) is 0 Å². The number of rotatable bonds is 2. The third-order valence-electron chi connectivity index (χ3n) is 13.1. The third-order valence-corrected chi connectivity index (χ3v) is 13.1. The first-order chi connectivity index (χ1) is 15.7. The molecule has 0 unspecified atom stereocenters. The minimum Gasteiger partial charge on any atom is -0.481 e. The Kier molecular flexibility index (Phi) is 5.08. The largest absolute Gasteiger partial charge is 0.481 e. The molecule has 5 saturated carbocycles. The summed E-state index contributed by atoms with van der Waals surface area (Å²) in [6.45, 7) is 22.6. The van der Waals surface area contributed by atoms with E-state index in [1.54, 1.807) is 0 Å². The quantitative estimate of drug-likeness (QED) is 0.339. The number of carbonyl (C=O) groups is 2. The van der Waals surface area contributed by atoms with Gasteiger partial charge in [-0.1, -0.05) is 53.3 Å². The van der Waals surface area contributed by atoms with Gasteiger partial charge in [0.15, 0.2) is 5.78 Å². The van der Waals surface area contributed by atoms with Gasteiger partial charge in [0.05, 0.1) is 5.41 Å². The second-order valence-electron chi connectivity index (χ2n) is 14.5. The van der Waals surface area contributed by atoms with Gasteiger partial charge in [-0.2, -0.15) is 0 Å². The average Bonchev–Trinajstić information content (AvgIpc) is 3.14. The summed E-state index contributed by atoms with van der Waals surface area (Å²) in [6, 6.07) is 0. The minimum atomic E-state index is -0.564. The van der Waals surface area contributed by atoms with E-state index in [-0.39, 0.29) is 33.4 Å². The van der Waals surface area contributed by atoms with Gasteiger partial charge in [0.25, 0.3) is 0 Å². The smallest absolute Gasteiger partial charge is 0.309 e. The van der Waals surface area contributed by atoms with Crippen LogP contribution < -0.4 is 0 Å². The molecule has 9 atom stereocenters. The molecule has 34 heavy (non-hydrogen) atoms. The SMILES string of the molecule is C=C1C[C@]2(C)[C@H]3CC[C@@H]4[C@H]5[C@H](C(=C)C)CC[C@]5(C(=O)O)CC[C@@]4(C)[C@]3(C)CC[C@H]2C(C)(C)C1=O. The standard InChI is InChI=1S/C31H46O3/c1-18(2)20-11-14-31(26(33)34)16-15-29(7)21(24(20)31)9-10-23-28(6)17-19(3)25(32)27(4,5)22(28)12-13-30(23,29)8/h20-24H,1,3,9-17H2,2,4-8H3,(H,33,34)/t20-,21+,22-,23+,24+,28-,29+,30+,31-/m0/s1. The van der Waals surface area contributed by atoms with Crippen molar-refractivity contribution in [3.8, 4) is 0 Å². The van der Waals surface area contributed by atoms with Gasteiger partial charge in [-0.25, -0.2) is 0 Å². The molecular formula is C31H46O3. The van der Waals surface area contributed by atoms with E-state index >= 15 is 0 Å². The maximum Gasteiger partial charge on any atom is 0.309 e. The normalized spacial score (nSPS) is 51.6. The molecule has 0 amide bonds. The Labute approximate surface area is 206 Å². The monoisotopic (exact) mass is 466 g/mol. The molecule has 0 heterocycles. The van der Waals surface area contributed by atoms with E-state index in [1.165, 1.54) is 5.57 Å². The lowest BCUT2D eigenvalue weighted by Gasteiger charge is -2.72. The first kappa shape index (κ1) is 24.3. The van der Waals surface area contributed by atoms with E-state index in [0.717, 1.165) is 63.4 Å². The Hall–Kier alpha value is -1.38. The fourth-order valence-corrected chi connectivity index (χ4v) is 11.5. The van der Waals surface area contributed by atoms with Crippen LogP contribution in [0.3, 0.4) is 0 Å². The van der Waals surface area contributed by atoms with E-state index < -0.39 is 11.4 Å². The Morgan fingerprint density at radius 3 is 2.21 bits per heavy atom. The summed E-state index contributed by atoms with van der Waals surface area (Å²) < 4.78 is 0. The van der Waals surface area contributed by atoms with Crippen LogP contribution in [0.15, 0.2) is 24.3 Å². The van der Waals surface area contributed by atoms with Crippen LogP contribution in [0.2, 0.25) is 0 Å². The molecular weight excluding hydrogens is 420 g/mol. The first-order valence-electron chi connectivity index (χ1n) is 13.8. The van der Waals surface area contributed by atoms with Crippen LogP contribution in [-0.2, 0) is 9.59 Å². The maximum atomic E-state index is 13.1. The van der Waals surface area contributed by atoms with Gasteiger partial charge >= 0.3 is 5.97 Å². The highest BCUT2D eigenvalue weighted by molar-refractivity contribution is 6.00. The molecule has 0 spiro atoms. The summed E-state index contributed by atoms with van der Waals surface area (Å²) in [7, 11) is 0. The number of carboxylic acid groups (broad SMARTS) is 1. The summed E-state index contributed by atoms with van der Waals surface area (Å²) in [5.74, 6) is 1.64. The molecule has 3 nitrogen and oxygen atoms in total. The maximum absolute atomic E-state index is 13.1. The predicted octanol–water partition coefficient (Wildman–Crippen LogP) is 7.46. The Morgan fingerprint density at radius 1 is 0.912 bits per heavy atom. The molecule has 1 N–H and O–H groups in total. The summed E-state index contributed by atoms with van der Waals surface area (Å²) in [6.07, 6.45) is 8.96. The summed E-state index contributed by atoms with van der Waals surface area (Å²) in [5.41, 5.74) is 1.47. The topological polar surface area (TPSA) is 54.4 Å². The number of hydrogen-bond donors (Lipinski definition) is 1.